The standard InChI is InChI=1S/C13H14N4O2S/c1-7-17-11(6-20-7)5-16-10-3-8(12(14)18)2-9(4-10)13(15)19/h2-4,6,16H,5H2,1H3,(H2,14,18)(H2,15,19). The van der Waals surface area contributed by atoms with Crippen LogP contribution in [0.2, 0.25) is 0 Å². The molecule has 0 fully saturated rings. The van der Waals surface area contributed by atoms with Crippen LogP contribution in [0.1, 0.15) is 31.4 Å². The molecule has 2 rings (SSSR count). The summed E-state index contributed by atoms with van der Waals surface area (Å²) in [6.45, 7) is 2.41. The smallest absolute Gasteiger partial charge is 0.248 e. The van der Waals surface area contributed by atoms with Crippen molar-refractivity contribution in [3.63, 3.8) is 0 Å². The van der Waals surface area contributed by atoms with E-state index in [4.69, 9.17) is 11.5 Å². The lowest BCUT2D eigenvalue weighted by molar-refractivity contribution is 0.0999. The summed E-state index contributed by atoms with van der Waals surface area (Å²) in [6.07, 6.45) is 0. The maximum Gasteiger partial charge on any atom is 0.248 e. The molecule has 0 aliphatic heterocycles. The van der Waals surface area contributed by atoms with Gasteiger partial charge in [0.05, 0.1) is 17.2 Å². The van der Waals surface area contributed by atoms with Crippen molar-refractivity contribution in [3.05, 3.63) is 45.4 Å². The molecule has 2 amide bonds. The third-order valence-corrected chi connectivity index (χ3v) is 3.46. The monoisotopic (exact) mass is 290 g/mol. The molecule has 0 saturated carbocycles. The summed E-state index contributed by atoms with van der Waals surface area (Å²) < 4.78 is 0. The lowest BCUT2D eigenvalue weighted by Crippen LogP contribution is -2.16. The Bertz CT molecular complexity index is 634. The van der Waals surface area contributed by atoms with Crippen LogP contribution in [0.25, 0.3) is 0 Å². The van der Waals surface area contributed by atoms with E-state index in [-0.39, 0.29) is 11.1 Å². The van der Waals surface area contributed by atoms with Gasteiger partial charge < -0.3 is 16.8 Å². The van der Waals surface area contributed by atoms with Crippen LogP contribution in [0.5, 0.6) is 0 Å². The van der Waals surface area contributed by atoms with E-state index in [0.29, 0.717) is 12.2 Å². The molecule has 1 aromatic heterocycles. The molecule has 0 spiro atoms. The van der Waals surface area contributed by atoms with Crippen molar-refractivity contribution in [3.8, 4) is 0 Å². The molecule has 1 aromatic carbocycles. The normalized spacial score (nSPS) is 10.2. The fraction of sp³-hybridized carbons (Fsp3) is 0.154. The topological polar surface area (TPSA) is 111 Å². The number of amides is 2. The van der Waals surface area contributed by atoms with Gasteiger partial charge in [-0.05, 0) is 25.1 Å². The molecule has 0 atom stereocenters. The summed E-state index contributed by atoms with van der Waals surface area (Å²) in [5.74, 6) is -1.22. The number of benzene rings is 1. The first-order valence-corrected chi connectivity index (χ1v) is 6.73. The molecule has 6 nitrogen and oxygen atoms in total. The van der Waals surface area contributed by atoms with E-state index >= 15 is 0 Å². The third kappa shape index (κ3) is 3.33. The summed E-state index contributed by atoms with van der Waals surface area (Å²) in [4.78, 5) is 26.8. The molecule has 0 saturated heterocycles. The molecule has 1 heterocycles. The van der Waals surface area contributed by atoms with Crippen molar-refractivity contribution >= 4 is 28.8 Å². The van der Waals surface area contributed by atoms with Gasteiger partial charge in [0.15, 0.2) is 0 Å². The minimum Gasteiger partial charge on any atom is -0.379 e. The second-order valence-corrected chi connectivity index (χ2v) is 5.30. The Morgan fingerprint density at radius 1 is 1.20 bits per heavy atom. The number of nitrogens with one attached hydrogen (secondary N) is 1. The van der Waals surface area contributed by atoms with Crippen molar-refractivity contribution in [2.75, 3.05) is 5.32 Å². The highest BCUT2D eigenvalue weighted by atomic mass is 32.1. The Morgan fingerprint density at radius 2 is 1.80 bits per heavy atom. The van der Waals surface area contributed by atoms with Crippen molar-refractivity contribution in [2.24, 2.45) is 11.5 Å². The highest BCUT2D eigenvalue weighted by Gasteiger charge is 2.09. The molecule has 0 aliphatic rings. The summed E-state index contributed by atoms with van der Waals surface area (Å²) >= 11 is 1.56. The second kappa shape index (κ2) is 5.70. The van der Waals surface area contributed by atoms with Gasteiger partial charge >= 0.3 is 0 Å². The fourth-order valence-corrected chi connectivity index (χ4v) is 2.31. The first-order valence-electron chi connectivity index (χ1n) is 5.85. The average Bonchev–Trinajstić information content (AvgIpc) is 2.81. The largest absolute Gasteiger partial charge is 0.379 e. The predicted octanol–water partition coefficient (Wildman–Crippen LogP) is 1.26. The van der Waals surface area contributed by atoms with Gasteiger partial charge in [0.25, 0.3) is 0 Å². The van der Waals surface area contributed by atoms with E-state index in [0.717, 1.165) is 10.7 Å². The van der Waals surface area contributed by atoms with Crippen LogP contribution < -0.4 is 16.8 Å². The molecular formula is C13H14N4O2S. The van der Waals surface area contributed by atoms with E-state index in [1.54, 1.807) is 23.5 Å². The molecular weight excluding hydrogens is 276 g/mol. The molecule has 0 radical (unpaired) electrons. The Morgan fingerprint density at radius 3 is 2.25 bits per heavy atom. The number of thiazole rings is 1. The summed E-state index contributed by atoms with van der Waals surface area (Å²) in [5, 5.41) is 6.01. The van der Waals surface area contributed by atoms with Crippen molar-refractivity contribution in [1.82, 2.24) is 4.98 Å². The van der Waals surface area contributed by atoms with Gasteiger partial charge in [0.2, 0.25) is 11.8 Å². The molecule has 7 heteroatoms. The van der Waals surface area contributed by atoms with Crippen LogP contribution in [-0.4, -0.2) is 16.8 Å². The number of carbonyl (C=O) groups excluding carboxylic acids is 2. The number of nitrogens with zero attached hydrogens (tertiary/aromatic N) is 1. The minimum atomic E-state index is -0.611. The highest BCUT2D eigenvalue weighted by molar-refractivity contribution is 7.09. The van der Waals surface area contributed by atoms with Crippen LogP contribution in [0.15, 0.2) is 23.6 Å². The minimum absolute atomic E-state index is 0.234. The van der Waals surface area contributed by atoms with Crippen molar-refractivity contribution < 1.29 is 9.59 Å². The molecule has 0 bridgehead atoms. The fourth-order valence-electron chi connectivity index (χ4n) is 1.70. The van der Waals surface area contributed by atoms with Gasteiger partial charge in [-0.3, -0.25) is 9.59 Å². The number of primary amides is 2. The number of hydrogen-bond donors (Lipinski definition) is 3. The number of hydrogen-bond acceptors (Lipinski definition) is 5. The molecule has 5 N–H and O–H groups in total. The molecule has 20 heavy (non-hydrogen) atoms. The number of nitrogens with two attached hydrogens (primary N) is 2. The summed E-state index contributed by atoms with van der Waals surface area (Å²) in [6, 6.07) is 4.53. The number of carbonyl (C=O) groups is 2. The van der Waals surface area contributed by atoms with Crippen LogP contribution in [0.4, 0.5) is 5.69 Å². The summed E-state index contributed by atoms with van der Waals surface area (Å²) in [5.41, 5.74) is 12.4. The van der Waals surface area contributed by atoms with Gasteiger partial charge in [0, 0.05) is 22.2 Å². The average molecular weight is 290 g/mol. The van der Waals surface area contributed by atoms with E-state index in [1.807, 2.05) is 12.3 Å². The Hall–Kier alpha value is -2.41. The zero-order chi connectivity index (χ0) is 14.7. The lowest BCUT2D eigenvalue weighted by atomic mass is 10.1. The van der Waals surface area contributed by atoms with E-state index < -0.39 is 11.8 Å². The van der Waals surface area contributed by atoms with Crippen LogP contribution in [0, 0.1) is 6.92 Å². The predicted molar refractivity (Wildman–Crippen MR) is 77.7 cm³/mol. The molecule has 2 aromatic rings. The SMILES string of the molecule is Cc1nc(CNc2cc(C(N)=O)cc(C(N)=O)c2)cs1. The van der Waals surface area contributed by atoms with Gasteiger partial charge in [-0.1, -0.05) is 0 Å². The lowest BCUT2D eigenvalue weighted by Gasteiger charge is -2.08. The Balaban J connectivity index is 2.21. The van der Waals surface area contributed by atoms with Crippen LogP contribution in [-0.2, 0) is 6.54 Å². The number of aryl methyl sites for hydroxylation is 1. The number of anilines is 1. The number of aromatic nitrogens is 1. The van der Waals surface area contributed by atoms with E-state index in [9.17, 15) is 9.59 Å². The highest BCUT2D eigenvalue weighted by Crippen LogP contribution is 2.16. The van der Waals surface area contributed by atoms with Crippen molar-refractivity contribution in [2.45, 2.75) is 13.5 Å². The first kappa shape index (κ1) is 14.0. The van der Waals surface area contributed by atoms with Gasteiger partial charge in [-0.2, -0.15) is 0 Å². The third-order valence-electron chi connectivity index (χ3n) is 2.64. The van der Waals surface area contributed by atoms with Crippen LogP contribution >= 0.6 is 11.3 Å². The quantitative estimate of drug-likeness (QED) is 0.769. The maximum absolute atomic E-state index is 11.2. The number of rotatable bonds is 5. The van der Waals surface area contributed by atoms with E-state index in [1.165, 1.54) is 6.07 Å². The zero-order valence-electron chi connectivity index (χ0n) is 10.8. The van der Waals surface area contributed by atoms with Gasteiger partial charge in [-0.15, -0.1) is 11.3 Å². The van der Waals surface area contributed by atoms with E-state index in [2.05, 4.69) is 10.3 Å². The second-order valence-electron chi connectivity index (χ2n) is 4.24. The van der Waals surface area contributed by atoms with Crippen molar-refractivity contribution in [1.29, 1.82) is 0 Å². The van der Waals surface area contributed by atoms with Gasteiger partial charge in [0.1, 0.15) is 0 Å². The Kier molecular flexibility index (Phi) is 3.99. The molecule has 0 aliphatic carbocycles. The molecule has 104 valence electrons. The van der Waals surface area contributed by atoms with Crippen LogP contribution in [0.3, 0.4) is 0 Å². The zero-order valence-corrected chi connectivity index (χ0v) is 11.7. The Labute approximate surface area is 119 Å². The van der Waals surface area contributed by atoms with Gasteiger partial charge in [-0.25, -0.2) is 4.98 Å². The molecule has 0 unspecified atom stereocenters. The maximum atomic E-state index is 11.2. The summed E-state index contributed by atoms with van der Waals surface area (Å²) in [7, 11) is 0. The first-order chi connectivity index (χ1) is 9.45.